The van der Waals surface area contributed by atoms with Gasteiger partial charge >= 0.3 is 0 Å². The summed E-state index contributed by atoms with van der Waals surface area (Å²) < 4.78 is 12.0. The van der Waals surface area contributed by atoms with Gasteiger partial charge in [-0.3, -0.25) is 9.89 Å². The predicted molar refractivity (Wildman–Crippen MR) is 129 cm³/mol. The average Bonchev–Trinajstić information content (AvgIpc) is 3.25. The number of carbonyl (C=O) groups is 1. The van der Waals surface area contributed by atoms with Crippen molar-refractivity contribution in [2.45, 2.75) is 25.9 Å². The van der Waals surface area contributed by atoms with Crippen molar-refractivity contribution < 1.29 is 14.3 Å². The molecular formula is C25H31N5O3. The number of nitrogens with one attached hydrogen (secondary N) is 3. The maximum absolute atomic E-state index is 12.6. The molecule has 5 rings (SSSR count). The average molecular weight is 450 g/mol. The fourth-order valence-corrected chi connectivity index (χ4v) is 4.70. The van der Waals surface area contributed by atoms with Gasteiger partial charge in [-0.05, 0) is 42.3 Å². The summed E-state index contributed by atoms with van der Waals surface area (Å²) in [7, 11) is 1.67. The Hall–Kier alpha value is -3.10. The van der Waals surface area contributed by atoms with Crippen molar-refractivity contribution in [3.63, 3.8) is 0 Å². The number of hydrogen-bond acceptors (Lipinski definition) is 6. The molecule has 8 heteroatoms. The number of ether oxygens (including phenoxy) is 2. The van der Waals surface area contributed by atoms with E-state index >= 15 is 0 Å². The highest BCUT2D eigenvalue weighted by molar-refractivity contribution is 6.01. The summed E-state index contributed by atoms with van der Waals surface area (Å²) in [4.78, 5) is 14.9. The quantitative estimate of drug-likeness (QED) is 0.555. The number of fused-ring (bicyclic) bond motifs is 1. The molecule has 0 spiro atoms. The Morgan fingerprint density at radius 1 is 1.15 bits per heavy atom. The third-order valence-corrected chi connectivity index (χ3v) is 6.52. The highest BCUT2D eigenvalue weighted by Crippen LogP contribution is 2.36. The third kappa shape index (κ3) is 4.41. The lowest BCUT2D eigenvalue weighted by Gasteiger charge is -2.31. The smallest absolute Gasteiger partial charge is 0.253 e. The standard InChI is InChI=1S/C25H31N5O3/c1-16-24-21(29-28-16)13-18(15-23(24)33-19-5-11-32-12-6-19)17-3-4-20(25(31)26-2)22(14-17)30-9-7-27-8-10-30/h3-4,13-15,19,27H,5-12H2,1-2H3,(H,26,31)(H,28,29). The molecule has 0 radical (unpaired) electrons. The highest BCUT2D eigenvalue weighted by Gasteiger charge is 2.22. The molecule has 1 aromatic heterocycles. The number of amides is 1. The van der Waals surface area contributed by atoms with Crippen LogP contribution in [0.4, 0.5) is 5.69 Å². The molecule has 33 heavy (non-hydrogen) atoms. The van der Waals surface area contributed by atoms with Gasteiger partial charge in [0.05, 0.1) is 35.4 Å². The Morgan fingerprint density at radius 3 is 2.70 bits per heavy atom. The molecule has 2 aliphatic heterocycles. The number of rotatable bonds is 5. The molecule has 2 aromatic carbocycles. The van der Waals surface area contributed by atoms with Gasteiger partial charge in [0.25, 0.3) is 5.91 Å². The highest BCUT2D eigenvalue weighted by atomic mass is 16.5. The van der Waals surface area contributed by atoms with Crippen LogP contribution in [0.25, 0.3) is 22.0 Å². The number of aryl methyl sites for hydroxylation is 1. The number of benzene rings is 2. The molecule has 3 aromatic rings. The monoisotopic (exact) mass is 449 g/mol. The second-order valence-corrected chi connectivity index (χ2v) is 8.69. The lowest BCUT2D eigenvalue weighted by Crippen LogP contribution is -2.44. The van der Waals surface area contributed by atoms with Crippen LogP contribution in [0.1, 0.15) is 28.9 Å². The topological polar surface area (TPSA) is 91.5 Å². The van der Waals surface area contributed by atoms with Gasteiger partial charge in [0, 0.05) is 51.8 Å². The van der Waals surface area contributed by atoms with Gasteiger partial charge in [0.2, 0.25) is 0 Å². The van der Waals surface area contributed by atoms with Gasteiger partial charge in [-0.15, -0.1) is 0 Å². The van der Waals surface area contributed by atoms with Crippen LogP contribution < -0.4 is 20.3 Å². The van der Waals surface area contributed by atoms with E-state index in [1.807, 2.05) is 19.1 Å². The molecule has 8 nitrogen and oxygen atoms in total. The van der Waals surface area contributed by atoms with E-state index in [-0.39, 0.29) is 12.0 Å². The maximum atomic E-state index is 12.6. The summed E-state index contributed by atoms with van der Waals surface area (Å²) in [5.74, 6) is 0.775. The summed E-state index contributed by atoms with van der Waals surface area (Å²) in [6.07, 6.45) is 1.91. The first-order valence-corrected chi connectivity index (χ1v) is 11.7. The van der Waals surface area contributed by atoms with Crippen molar-refractivity contribution in [2.24, 2.45) is 0 Å². The summed E-state index contributed by atoms with van der Waals surface area (Å²) >= 11 is 0. The lowest BCUT2D eigenvalue weighted by molar-refractivity contribution is 0.0262. The molecule has 174 valence electrons. The number of anilines is 1. The second-order valence-electron chi connectivity index (χ2n) is 8.69. The fourth-order valence-electron chi connectivity index (χ4n) is 4.70. The van der Waals surface area contributed by atoms with E-state index < -0.39 is 0 Å². The van der Waals surface area contributed by atoms with Crippen LogP contribution in [-0.2, 0) is 4.74 Å². The largest absolute Gasteiger partial charge is 0.489 e. The molecular weight excluding hydrogens is 418 g/mol. The van der Waals surface area contributed by atoms with Crippen LogP contribution in [0.15, 0.2) is 30.3 Å². The zero-order chi connectivity index (χ0) is 22.8. The van der Waals surface area contributed by atoms with Crippen molar-refractivity contribution in [1.29, 1.82) is 0 Å². The number of aromatic nitrogens is 2. The zero-order valence-electron chi connectivity index (χ0n) is 19.2. The number of carbonyl (C=O) groups excluding carboxylic acids is 1. The molecule has 1 amide bonds. The molecule has 2 saturated heterocycles. The van der Waals surface area contributed by atoms with Crippen molar-refractivity contribution in [3.8, 4) is 16.9 Å². The van der Waals surface area contributed by atoms with Crippen molar-refractivity contribution in [1.82, 2.24) is 20.8 Å². The second kappa shape index (κ2) is 9.41. The molecule has 0 saturated carbocycles. The van der Waals surface area contributed by atoms with Gasteiger partial charge in [0.1, 0.15) is 11.9 Å². The minimum Gasteiger partial charge on any atom is -0.489 e. The Labute approximate surface area is 193 Å². The first-order chi connectivity index (χ1) is 16.1. The van der Waals surface area contributed by atoms with Gasteiger partial charge in [-0.25, -0.2) is 0 Å². The Morgan fingerprint density at radius 2 is 1.94 bits per heavy atom. The summed E-state index contributed by atoms with van der Waals surface area (Å²) in [5.41, 5.74) is 5.59. The fraction of sp³-hybridized carbons (Fsp3) is 0.440. The first kappa shape index (κ1) is 21.7. The van der Waals surface area contributed by atoms with Crippen LogP contribution in [-0.4, -0.2) is 68.6 Å². The van der Waals surface area contributed by atoms with Crippen molar-refractivity contribution in [2.75, 3.05) is 51.3 Å². The van der Waals surface area contributed by atoms with E-state index in [2.05, 4.69) is 43.9 Å². The first-order valence-electron chi connectivity index (χ1n) is 11.7. The SMILES string of the molecule is CNC(=O)c1ccc(-c2cc(OC3CCOCC3)c3c(C)[nH]nc3c2)cc1N1CCNCC1. The van der Waals surface area contributed by atoms with E-state index in [4.69, 9.17) is 9.47 Å². The Balaban J connectivity index is 1.57. The van der Waals surface area contributed by atoms with Crippen LogP contribution >= 0.6 is 0 Å². The van der Waals surface area contributed by atoms with Gasteiger partial charge in [-0.2, -0.15) is 5.10 Å². The van der Waals surface area contributed by atoms with Gasteiger partial charge < -0.3 is 25.0 Å². The normalized spacial score (nSPS) is 17.3. The lowest BCUT2D eigenvalue weighted by atomic mass is 9.99. The summed E-state index contributed by atoms with van der Waals surface area (Å²) in [5, 5.41) is 14.8. The van der Waals surface area contributed by atoms with Gasteiger partial charge in [-0.1, -0.05) is 6.07 Å². The molecule has 0 atom stereocenters. The molecule has 3 N–H and O–H groups in total. The molecule has 0 aliphatic carbocycles. The minimum absolute atomic E-state index is 0.0722. The number of aromatic amines is 1. The maximum Gasteiger partial charge on any atom is 0.253 e. The van der Waals surface area contributed by atoms with E-state index in [0.717, 1.165) is 91.4 Å². The number of H-pyrrole nitrogens is 1. The Bertz CT molecular complexity index is 1150. The zero-order valence-corrected chi connectivity index (χ0v) is 19.2. The van der Waals surface area contributed by atoms with E-state index in [1.165, 1.54) is 0 Å². The predicted octanol–water partition coefficient (Wildman–Crippen LogP) is 2.87. The molecule has 3 heterocycles. The molecule has 0 bridgehead atoms. The molecule has 2 aliphatic rings. The molecule has 0 unspecified atom stereocenters. The van der Waals surface area contributed by atoms with Crippen LogP contribution in [0.3, 0.4) is 0 Å². The molecule has 2 fully saturated rings. The third-order valence-electron chi connectivity index (χ3n) is 6.52. The van der Waals surface area contributed by atoms with Crippen LogP contribution in [0, 0.1) is 6.92 Å². The number of piperazine rings is 1. The summed E-state index contributed by atoms with van der Waals surface area (Å²) in [6.45, 7) is 7.01. The van der Waals surface area contributed by atoms with Crippen molar-refractivity contribution in [3.05, 3.63) is 41.6 Å². The van der Waals surface area contributed by atoms with Crippen LogP contribution in [0.2, 0.25) is 0 Å². The van der Waals surface area contributed by atoms with Crippen LogP contribution in [0.5, 0.6) is 5.75 Å². The number of nitrogens with zero attached hydrogens (tertiary/aromatic N) is 2. The minimum atomic E-state index is -0.0722. The van der Waals surface area contributed by atoms with E-state index in [9.17, 15) is 4.79 Å². The van der Waals surface area contributed by atoms with Gasteiger partial charge in [0.15, 0.2) is 0 Å². The van der Waals surface area contributed by atoms with Crippen molar-refractivity contribution >= 4 is 22.5 Å². The number of hydrogen-bond donors (Lipinski definition) is 3. The Kier molecular flexibility index (Phi) is 6.20. The summed E-state index contributed by atoms with van der Waals surface area (Å²) in [6, 6.07) is 10.2. The van der Waals surface area contributed by atoms with E-state index in [1.54, 1.807) is 7.05 Å². The van der Waals surface area contributed by atoms with E-state index in [0.29, 0.717) is 5.56 Å².